The highest BCUT2D eigenvalue weighted by molar-refractivity contribution is 5.84. The van der Waals surface area contributed by atoms with Crippen LogP contribution in [0.15, 0.2) is 0 Å². The van der Waals surface area contributed by atoms with E-state index in [9.17, 15) is 9.59 Å². The lowest BCUT2D eigenvalue weighted by atomic mass is 9.95. The Labute approximate surface area is 115 Å². The van der Waals surface area contributed by atoms with Crippen LogP contribution in [0.25, 0.3) is 0 Å². The SMILES string of the molecule is O=C1CCCC1C1CCCN1CC(=O)N1CCCC1. The van der Waals surface area contributed by atoms with Gasteiger partial charge in [0, 0.05) is 31.5 Å². The Hall–Kier alpha value is -0.900. The molecule has 3 rings (SSSR count). The van der Waals surface area contributed by atoms with Crippen molar-refractivity contribution >= 4 is 11.7 Å². The third-order valence-electron chi connectivity index (χ3n) is 5.03. The minimum Gasteiger partial charge on any atom is -0.342 e. The molecule has 4 heteroatoms. The van der Waals surface area contributed by atoms with Gasteiger partial charge in [-0.15, -0.1) is 0 Å². The molecule has 1 saturated carbocycles. The zero-order valence-corrected chi connectivity index (χ0v) is 11.6. The van der Waals surface area contributed by atoms with Gasteiger partial charge in [-0.1, -0.05) is 0 Å². The summed E-state index contributed by atoms with van der Waals surface area (Å²) in [5.74, 6) is 0.925. The largest absolute Gasteiger partial charge is 0.342 e. The first-order chi connectivity index (χ1) is 9.25. The molecule has 0 N–H and O–H groups in total. The number of nitrogens with zero attached hydrogens (tertiary/aromatic N) is 2. The molecule has 1 amide bonds. The number of amides is 1. The second-order valence-corrected chi connectivity index (χ2v) is 6.23. The summed E-state index contributed by atoms with van der Waals surface area (Å²) in [4.78, 5) is 28.4. The van der Waals surface area contributed by atoms with E-state index in [2.05, 4.69) is 4.90 Å². The number of ketones is 1. The van der Waals surface area contributed by atoms with Crippen molar-refractivity contribution in [3.8, 4) is 0 Å². The van der Waals surface area contributed by atoms with Crippen molar-refractivity contribution in [1.29, 1.82) is 0 Å². The molecule has 2 atom stereocenters. The van der Waals surface area contributed by atoms with Gasteiger partial charge in [-0.3, -0.25) is 14.5 Å². The topological polar surface area (TPSA) is 40.6 Å². The molecule has 4 nitrogen and oxygen atoms in total. The van der Waals surface area contributed by atoms with Crippen molar-refractivity contribution in [2.45, 2.75) is 51.0 Å². The van der Waals surface area contributed by atoms with Crippen LogP contribution >= 0.6 is 0 Å². The molecule has 2 aliphatic heterocycles. The quantitative estimate of drug-likeness (QED) is 0.774. The van der Waals surface area contributed by atoms with Crippen LogP contribution in [0.4, 0.5) is 0 Å². The van der Waals surface area contributed by atoms with Crippen molar-refractivity contribution in [2.24, 2.45) is 5.92 Å². The van der Waals surface area contributed by atoms with Gasteiger partial charge in [0.2, 0.25) is 5.91 Å². The minimum absolute atomic E-state index is 0.217. The maximum absolute atomic E-state index is 12.2. The van der Waals surface area contributed by atoms with E-state index in [-0.39, 0.29) is 11.8 Å². The number of rotatable bonds is 3. The maximum atomic E-state index is 12.2. The lowest BCUT2D eigenvalue weighted by Gasteiger charge is -2.29. The minimum atomic E-state index is 0.217. The zero-order valence-electron chi connectivity index (χ0n) is 11.6. The Morgan fingerprint density at radius 3 is 2.53 bits per heavy atom. The summed E-state index contributed by atoms with van der Waals surface area (Å²) in [7, 11) is 0. The molecule has 0 bridgehead atoms. The molecule has 0 aromatic heterocycles. The molecular weight excluding hydrogens is 240 g/mol. The highest BCUT2D eigenvalue weighted by Crippen LogP contribution is 2.33. The van der Waals surface area contributed by atoms with Crippen LogP contribution in [-0.4, -0.2) is 53.7 Å². The molecule has 2 saturated heterocycles. The summed E-state index contributed by atoms with van der Waals surface area (Å²) < 4.78 is 0. The summed E-state index contributed by atoms with van der Waals surface area (Å²) >= 11 is 0. The monoisotopic (exact) mass is 264 g/mol. The molecule has 3 aliphatic rings. The van der Waals surface area contributed by atoms with E-state index < -0.39 is 0 Å². The normalized spacial score (nSPS) is 32.4. The van der Waals surface area contributed by atoms with E-state index in [1.807, 2.05) is 4.90 Å². The van der Waals surface area contributed by atoms with Gasteiger partial charge in [0.25, 0.3) is 0 Å². The third-order valence-corrected chi connectivity index (χ3v) is 5.03. The van der Waals surface area contributed by atoms with Crippen LogP contribution < -0.4 is 0 Å². The summed E-state index contributed by atoms with van der Waals surface area (Å²) in [6.07, 6.45) is 7.39. The summed E-state index contributed by atoms with van der Waals surface area (Å²) in [5.41, 5.74) is 0. The summed E-state index contributed by atoms with van der Waals surface area (Å²) in [6, 6.07) is 0.349. The Bertz CT molecular complexity index is 363. The fourth-order valence-corrected chi connectivity index (χ4v) is 3.99. The number of Topliss-reactive ketones (excluding diaryl/α,β-unsaturated/α-hetero) is 1. The number of likely N-dealkylation sites (tertiary alicyclic amines) is 2. The van der Waals surface area contributed by atoms with Crippen LogP contribution in [0, 0.1) is 5.92 Å². The van der Waals surface area contributed by atoms with Gasteiger partial charge < -0.3 is 4.90 Å². The molecule has 2 unspecified atom stereocenters. The van der Waals surface area contributed by atoms with E-state index in [1.54, 1.807) is 0 Å². The second-order valence-electron chi connectivity index (χ2n) is 6.23. The Balaban J connectivity index is 1.59. The van der Waals surface area contributed by atoms with E-state index in [4.69, 9.17) is 0 Å². The Kier molecular flexibility index (Phi) is 3.87. The molecule has 0 spiro atoms. The molecule has 106 valence electrons. The van der Waals surface area contributed by atoms with Gasteiger partial charge >= 0.3 is 0 Å². The molecule has 0 aromatic rings. The lowest BCUT2D eigenvalue weighted by Crippen LogP contribution is -2.44. The van der Waals surface area contributed by atoms with E-state index >= 15 is 0 Å². The van der Waals surface area contributed by atoms with Crippen molar-refractivity contribution in [3.05, 3.63) is 0 Å². The van der Waals surface area contributed by atoms with Gasteiger partial charge in [-0.25, -0.2) is 0 Å². The Morgan fingerprint density at radius 1 is 1.05 bits per heavy atom. The molecular formula is C15H24N2O2. The maximum Gasteiger partial charge on any atom is 0.236 e. The molecule has 2 heterocycles. The molecule has 3 fully saturated rings. The fraction of sp³-hybridized carbons (Fsp3) is 0.867. The fourth-order valence-electron chi connectivity index (χ4n) is 3.99. The van der Waals surface area contributed by atoms with E-state index in [1.165, 1.54) is 0 Å². The smallest absolute Gasteiger partial charge is 0.236 e. The van der Waals surface area contributed by atoms with Crippen LogP contribution in [0.5, 0.6) is 0 Å². The predicted molar refractivity (Wildman–Crippen MR) is 72.8 cm³/mol. The first-order valence-corrected chi connectivity index (χ1v) is 7.80. The molecule has 1 aliphatic carbocycles. The third kappa shape index (κ3) is 2.69. The first-order valence-electron chi connectivity index (χ1n) is 7.80. The molecule has 0 aromatic carbocycles. The Morgan fingerprint density at radius 2 is 1.84 bits per heavy atom. The van der Waals surface area contributed by atoms with Crippen LogP contribution in [0.2, 0.25) is 0 Å². The standard InChI is InChI=1S/C15H24N2O2/c18-14-7-3-5-12(14)13-6-4-10-17(13)11-15(19)16-8-1-2-9-16/h12-13H,1-11H2. The number of hydrogen-bond acceptors (Lipinski definition) is 3. The van der Waals surface area contributed by atoms with Gasteiger partial charge in [-0.2, -0.15) is 0 Å². The van der Waals surface area contributed by atoms with Crippen molar-refractivity contribution in [1.82, 2.24) is 9.80 Å². The first kappa shape index (κ1) is 13.1. The van der Waals surface area contributed by atoms with Crippen molar-refractivity contribution in [3.63, 3.8) is 0 Å². The van der Waals surface area contributed by atoms with Crippen LogP contribution in [-0.2, 0) is 9.59 Å². The van der Waals surface area contributed by atoms with E-state index in [0.29, 0.717) is 18.4 Å². The van der Waals surface area contributed by atoms with Gasteiger partial charge in [0.15, 0.2) is 0 Å². The summed E-state index contributed by atoms with van der Waals surface area (Å²) in [5, 5.41) is 0. The highest BCUT2D eigenvalue weighted by Gasteiger charge is 2.39. The van der Waals surface area contributed by atoms with E-state index in [0.717, 1.165) is 64.6 Å². The van der Waals surface area contributed by atoms with Gasteiger partial charge in [0.1, 0.15) is 5.78 Å². The average molecular weight is 264 g/mol. The molecule has 19 heavy (non-hydrogen) atoms. The van der Waals surface area contributed by atoms with Crippen molar-refractivity contribution in [2.75, 3.05) is 26.2 Å². The number of carbonyl (C=O) groups excluding carboxylic acids is 2. The van der Waals surface area contributed by atoms with Gasteiger partial charge in [-0.05, 0) is 45.1 Å². The number of carbonyl (C=O) groups is 2. The number of hydrogen-bond donors (Lipinski definition) is 0. The molecule has 0 radical (unpaired) electrons. The lowest BCUT2D eigenvalue weighted by molar-refractivity contribution is -0.132. The highest BCUT2D eigenvalue weighted by atomic mass is 16.2. The van der Waals surface area contributed by atoms with Crippen molar-refractivity contribution < 1.29 is 9.59 Å². The predicted octanol–water partition coefficient (Wildman–Crippen LogP) is 1.44. The van der Waals surface area contributed by atoms with Crippen LogP contribution in [0.3, 0.4) is 0 Å². The van der Waals surface area contributed by atoms with Gasteiger partial charge in [0.05, 0.1) is 6.54 Å². The average Bonchev–Trinajstić information content (AvgIpc) is 3.09. The zero-order chi connectivity index (χ0) is 13.2. The van der Waals surface area contributed by atoms with Crippen LogP contribution in [0.1, 0.15) is 44.9 Å². The second kappa shape index (κ2) is 5.61. The summed E-state index contributed by atoms with van der Waals surface area (Å²) in [6.45, 7) is 3.39.